The standard InChI is InChI=1S/C14H16O2/c1-4-5-6-7-8-11-14(15)16-12-9-10-13(2)3/h8,11H,2,4-5,12H2,1,3H3/b11-8-. The van der Waals surface area contributed by atoms with Gasteiger partial charge in [-0.15, -0.1) is 0 Å². The molecule has 0 atom stereocenters. The summed E-state index contributed by atoms with van der Waals surface area (Å²) in [5.74, 6) is 10.6. The van der Waals surface area contributed by atoms with Gasteiger partial charge in [-0.2, -0.15) is 0 Å². The van der Waals surface area contributed by atoms with Crippen molar-refractivity contribution in [3.05, 3.63) is 24.3 Å². The van der Waals surface area contributed by atoms with Crippen molar-refractivity contribution < 1.29 is 9.53 Å². The summed E-state index contributed by atoms with van der Waals surface area (Å²) >= 11 is 0. The van der Waals surface area contributed by atoms with Crippen LogP contribution in [-0.4, -0.2) is 12.6 Å². The van der Waals surface area contributed by atoms with Gasteiger partial charge in [0, 0.05) is 12.5 Å². The molecule has 0 spiro atoms. The summed E-state index contributed by atoms with van der Waals surface area (Å²) in [7, 11) is 0. The topological polar surface area (TPSA) is 26.3 Å². The smallest absolute Gasteiger partial charge is 0.332 e. The van der Waals surface area contributed by atoms with Crippen molar-refractivity contribution in [2.75, 3.05) is 6.61 Å². The van der Waals surface area contributed by atoms with Crippen molar-refractivity contribution >= 4 is 5.97 Å². The zero-order valence-corrected chi connectivity index (χ0v) is 9.80. The van der Waals surface area contributed by atoms with Gasteiger partial charge in [-0.3, -0.25) is 0 Å². The van der Waals surface area contributed by atoms with E-state index in [9.17, 15) is 4.79 Å². The Labute approximate surface area is 97.4 Å². The molecule has 0 aliphatic carbocycles. The molecule has 0 amide bonds. The molecule has 0 aromatic rings. The van der Waals surface area contributed by atoms with E-state index in [4.69, 9.17) is 4.74 Å². The van der Waals surface area contributed by atoms with Gasteiger partial charge >= 0.3 is 5.97 Å². The molecule has 0 N–H and O–H groups in total. The Morgan fingerprint density at radius 3 is 2.81 bits per heavy atom. The van der Waals surface area contributed by atoms with E-state index >= 15 is 0 Å². The fourth-order valence-corrected chi connectivity index (χ4v) is 0.708. The number of carbonyl (C=O) groups excluding carboxylic acids is 1. The Morgan fingerprint density at radius 1 is 1.44 bits per heavy atom. The van der Waals surface area contributed by atoms with Crippen LogP contribution < -0.4 is 0 Å². The average molecular weight is 216 g/mol. The largest absolute Gasteiger partial charge is 0.449 e. The molecule has 0 unspecified atom stereocenters. The summed E-state index contributed by atoms with van der Waals surface area (Å²) in [5, 5.41) is 0. The van der Waals surface area contributed by atoms with Crippen LogP contribution in [0.5, 0.6) is 0 Å². The number of unbranched alkanes of at least 4 members (excludes halogenated alkanes) is 1. The molecule has 0 aromatic heterocycles. The maximum atomic E-state index is 11.1. The van der Waals surface area contributed by atoms with E-state index in [2.05, 4.69) is 30.3 Å². The highest BCUT2D eigenvalue weighted by Crippen LogP contribution is 1.84. The van der Waals surface area contributed by atoms with Gasteiger partial charge in [0.15, 0.2) is 6.61 Å². The number of hydrogen-bond donors (Lipinski definition) is 0. The molecule has 2 nitrogen and oxygen atoms in total. The molecule has 0 radical (unpaired) electrons. The number of ether oxygens (including phenoxy) is 1. The lowest BCUT2D eigenvalue weighted by Gasteiger charge is -1.92. The van der Waals surface area contributed by atoms with Crippen molar-refractivity contribution in [3.63, 3.8) is 0 Å². The minimum Gasteiger partial charge on any atom is -0.449 e. The van der Waals surface area contributed by atoms with Crippen LogP contribution in [0.1, 0.15) is 26.7 Å². The molecular weight excluding hydrogens is 200 g/mol. The summed E-state index contributed by atoms with van der Waals surface area (Å²) in [6, 6.07) is 0. The molecule has 2 heteroatoms. The molecule has 0 aromatic carbocycles. The predicted molar refractivity (Wildman–Crippen MR) is 65.4 cm³/mol. The third kappa shape index (κ3) is 10.2. The molecule has 16 heavy (non-hydrogen) atoms. The molecule has 0 aliphatic heterocycles. The normalized spacial score (nSPS) is 8.62. The highest BCUT2D eigenvalue weighted by Gasteiger charge is 1.91. The third-order valence-corrected chi connectivity index (χ3v) is 1.37. The number of rotatable bonds is 3. The first-order valence-electron chi connectivity index (χ1n) is 5.13. The lowest BCUT2D eigenvalue weighted by atomic mass is 10.3. The Morgan fingerprint density at radius 2 is 2.19 bits per heavy atom. The van der Waals surface area contributed by atoms with Crippen LogP contribution in [0, 0.1) is 23.7 Å². The molecule has 0 rings (SSSR count). The van der Waals surface area contributed by atoms with Gasteiger partial charge < -0.3 is 4.74 Å². The van der Waals surface area contributed by atoms with Crippen LogP contribution in [0.2, 0.25) is 0 Å². The second-order valence-electron chi connectivity index (χ2n) is 3.09. The van der Waals surface area contributed by atoms with Gasteiger partial charge in [0.05, 0.1) is 0 Å². The zero-order chi connectivity index (χ0) is 12.2. The Bertz CT molecular complexity index is 380. The van der Waals surface area contributed by atoms with E-state index in [0.717, 1.165) is 18.4 Å². The van der Waals surface area contributed by atoms with E-state index in [0.29, 0.717) is 0 Å². The molecular formula is C14H16O2. The minimum absolute atomic E-state index is 0.0818. The van der Waals surface area contributed by atoms with Crippen LogP contribution in [-0.2, 0) is 9.53 Å². The number of esters is 1. The fourth-order valence-electron chi connectivity index (χ4n) is 0.708. The summed E-state index contributed by atoms with van der Waals surface area (Å²) in [6.07, 6.45) is 4.64. The van der Waals surface area contributed by atoms with Crippen molar-refractivity contribution in [2.24, 2.45) is 0 Å². The van der Waals surface area contributed by atoms with Crippen molar-refractivity contribution in [1.29, 1.82) is 0 Å². The molecule has 0 saturated carbocycles. The molecule has 84 valence electrons. The highest BCUT2D eigenvalue weighted by molar-refractivity contribution is 5.82. The lowest BCUT2D eigenvalue weighted by molar-refractivity contribution is -0.136. The first kappa shape index (κ1) is 14.1. The van der Waals surface area contributed by atoms with Gasteiger partial charge in [0.2, 0.25) is 0 Å². The molecule has 0 aliphatic rings. The maximum Gasteiger partial charge on any atom is 0.332 e. The summed E-state index contributed by atoms with van der Waals surface area (Å²) in [4.78, 5) is 11.1. The summed E-state index contributed by atoms with van der Waals surface area (Å²) in [5.41, 5.74) is 0.747. The quantitative estimate of drug-likeness (QED) is 0.411. The van der Waals surface area contributed by atoms with Gasteiger partial charge in [-0.1, -0.05) is 37.2 Å². The van der Waals surface area contributed by atoms with Crippen LogP contribution in [0.15, 0.2) is 24.3 Å². The summed E-state index contributed by atoms with van der Waals surface area (Å²) < 4.78 is 4.79. The zero-order valence-electron chi connectivity index (χ0n) is 9.80. The Balaban J connectivity index is 3.81. The Hall–Kier alpha value is -1.93. The molecule has 0 bridgehead atoms. The monoisotopic (exact) mass is 216 g/mol. The molecule has 0 saturated heterocycles. The maximum absolute atomic E-state index is 11.1. The third-order valence-electron chi connectivity index (χ3n) is 1.37. The van der Waals surface area contributed by atoms with E-state index in [1.807, 2.05) is 6.92 Å². The fraction of sp³-hybridized carbons (Fsp3) is 0.357. The van der Waals surface area contributed by atoms with Gasteiger partial charge in [0.1, 0.15) is 0 Å². The van der Waals surface area contributed by atoms with Crippen LogP contribution in [0.4, 0.5) is 0 Å². The van der Waals surface area contributed by atoms with Crippen LogP contribution in [0.25, 0.3) is 0 Å². The summed E-state index contributed by atoms with van der Waals surface area (Å²) in [6.45, 7) is 7.52. The first-order chi connectivity index (χ1) is 7.66. The van der Waals surface area contributed by atoms with Crippen LogP contribution >= 0.6 is 0 Å². The first-order valence-corrected chi connectivity index (χ1v) is 5.13. The van der Waals surface area contributed by atoms with Crippen LogP contribution in [0.3, 0.4) is 0 Å². The SMILES string of the molecule is C=C(C)C#CCOC(=O)/C=C\C#CCCC. The van der Waals surface area contributed by atoms with Crippen molar-refractivity contribution in [3.8, 4) is 23.7 Å². The number of carbonyl (C=O) groups is 1. The van der Waals surface area contributed by atoms with Gasteiger partial charge in [-0.25, -0.2) is 4.79 Å². The Kier molecular flexibility index (Phi) is 8.46. The lowest BCUT2D eigenvalue weighted by Crippen LogP contribution is -2.00. The minimum atomic E-state index is -0.429. The van der Waals surface area contributed by atoms with Crippen molar-refractivity contribution in [1.82, 2.24) is 0 Å². The van der Waals surface area contributed by atoms with E-state index in [1.54, 1.807) is 6.92 Å². The highest BCUT2D eigenvalue weighted by atomic mass is 16.5. The van der Waals surface area contributed by atoms with E-state index in [1.165, 1.54) is 12.2 Å². The average Bonchev–Trinajstić information content (AvgIpc) is 2.24. The van der Waals surface area contributed by atoms with Gasteiger partial charge in [-0.05, 0) is 25.0 Å². The molecule has 0 fully saturated rings. The van der Waals surface area contributed by atoms with E-state index < -0.39 is 5.97 Å². The van der Waals surface area contributed by atoms with Gasteiger partial charge in [0.25, 0.3) is 0 Å². The second kappa shape index (κ2) is 9.62. The van der Waals surface area contributed by atoms with E-state index in [-0.39, 0.29) is 6.61 Å². The molecule has 0 heterocycles. The number of hydrogen-bond acceptors (Lipinski definition) is 2. The number of allylic oxidation sites excluding steroid dienone is 2. The predicted octanol–water partition coefficient (Wildman–Crippen LogP) is 2.47. The van der Waals surface area contributed by atoms with Crippen molar-refractivity contribution in [2.45, 2.75) is 26.7 Å². The second-order valence-corrected chi connectivity index (χ2v) is 3.09.